The maximum Gasteiger partial charge on any atom is 0.326 e. The van der Waals surface area contributed by atoms with Gasteiger partial charge >= 0.3 is 11.9 Å². The van der Waals surface area contributed by atoms with Crippen molar-refractivity contribution in [1.82, 2.24) is 25.9 Å². The molecule has 0 spiro atoms. The third-order valence-corrected chi connectivity index (χ3v) is 6.03. The smallest absolute Gasteiger partial charge is 0.326 e. The minimum Gasteiger partial charge on any atom is -0.481 e. The maximum atomic E-state index is 13.3. The third kappa shape index (κ3) is 9.32. The van der Waals surface area contributed by atoms with E-state index in [1.807, 2.05) is 37.3 Å². The Labute approximate surface area is 219 Å². The molecule has 8 N–H and O–H groups in total. The molecule has 0 fully saturated rings. The molecule has 38 heavy (non-hydrogen) atoms. The van der Waals surface area contributed by atoms with Crippen LogP contribution in [0.2, 0.25) is 0 Å². The molecular weight excluding hydrogens is 496 g/mol. The summed E-state index contributed by atoms with van der Waals surface area (Å²) in [6.07, 6.45) is 2.63. The molecule has 0 saturated heterocycles. The Morgan fingerprint density at radius 1 is 0.947 bits per heavy atom. The van der Waals surface area contributed by atoms with E-state index in [1.165, 1.54) is 12.5 Å². The fraction of sp³-hybridized carbons (Fsp3) is 0.440. The Morgan fingerprint density at radius 2 is 1.61 bits per heavy atom. The first-order chi connectivity index (χ1) is 18.0. The monoisotopic (exact) mass is 530 g/mol. The quantitative estimate of drug-likeness (QED) is 0.159. The van der Waals surface area contributed by atoms with Crippen LogP contribution in [0.25, 0.3) is 0 Å². The summed E-state index contributed by atoms with van der Waals surface area (Å²) in [4.78, 5) is 68.3. The molecular formula is C25H34N6O7. The Kier molecular flexibility index (Phi) is 11.4. The van der Waals surface area contributed by atoms with Crippen molar-refractivity contribution in [3.8, 4) is 0 Å². The molecule has 0 saturated carbocycles. The highest BCUT2D eigenvalue weighted by molar-refractivity contribution is 5.95. The summed E-state index contributed by atoms with van der Waals surface area (Å²) in [6.45, 7) is 3.59. The predicted molar refractivity (Wildman–Crippen MR) is 136 cm³/mol. The summed E-state index contributed by atoms with van der Waals surface area (Å²) in [7, 11) is 0. The van der Waals surface area contributed by atoms with Crippen molar-refractivity contribution in [2.45, 2.75) is 63.7 Å². The number of hydrogen-bond acceptors (Lipinski definition) is 7. The van der Waals surface area contributed by atoms with Crippen LogP contribution in [0.5, 0.6) is 0 Å². The molecule has 0 aliphatic heterocycles. The van der Waals surface area contributed by atoms with E-state index in [-0.39, 0.29) is 18.8 Å². The maximum absolute atomic E-state index is 13.3. The minimum absolute atomic E-state index is 0.0916. The summed E-state index contributed by atoms with van der Waals surface area (Å²) < 4.78 is 0. The van der Waals surface area contributed by atoms with Crippen LogP contribution in [0.1, 0.15) is 37.9 Å². The van der Waals surface area contributed by atoms with Gasteiger partial charge in [-0.2, -0.15) is 0 Å². The van der Waals surface area contributed by atoms with Crippen LogP contribution >= 0.6 is 0 Å². The van der Waals surface area contributed by atoms with Crippen LogP contribution in [-0.4, -0.2) is 74.0 Å². The van der Waals surface area contributed by atoms with E-state index < -0.39 is 60.2 Å². The van der Waals surface area contributed by atoms with Gasteiger partial charge in [-0.3, -0.25) is 19.2 Å². The first kappa shape index (κ1) is 30.0. The van der Waals surface area contributed by atoms with Crippen LogP contribution in [0, 0.1) is 5.92 Å². The number of hydrogen-bond donors (Lipinski definition) is 7. The van der Waals surface area contributed by atoms with Gasteiger partial charge in [0.1, 0.15) is 18.1 Å². The number of carboxylic acid groups (broad SMARTS) is 2. The number of carbonyl (C=O) groups excluding carboxylic acids is 3. The molecule has 13 nitrogen and oxygen atoms in total. The lowest BCUT2D eigenvalue weighted by Crippen LogP contribution is -2.59. The number of amides is 3. The highest BCUT2D eigenvalue weighted by atomic mass is 16.4. The van der Waals surface area contributed by atoms with Crippen molar-refractivity contribution in [3.05, 3.63) is 54.1 Å². The lowest BCUT2D eigenvalue weighted by molar-refractivity contribution is -0.147. The van der Waals surface area contributed by atoms with E-state index in [1.54, 1.807) is 6.92 Å². The fourth-order valence-electron chi connectivity index (χ4n) is 3.66. The van der Waals surface area contributed by atoms with Gasteiger partial charge in [-0.1, -0.05) is 50.6 Å². The number of carbonyl (C=O) groups is 5. The molecule has 1 aromatic heterocycles. The van der Waals surface area contributed by atoms with Gasteiger partial charge in [-0.25, -0.2) is 9.78 Å². The van der Waals surface area contributed by atoms with E-state index in [0.29, 0.717) is 12.1 Å². The van der Waals surface area contributed by atoms with Crippen LogP contribution in [-0.2, 0) is 36.8 Å². The van der Waals surface area contributed by atoms with Crippen LogP contribution in [0.4, 0.5) is 0 Å². The lowest BCUT2D eigenvalue weighted by atomic mass is 9.96. The molecule has 13 heteroatoms. The summed E-state index contributed by atoms with van der Waals surface area (Å²) in [6, 6.07) is 4.20. The molecule has 5 atom stereocenters. The van der Waals surface area contributed by atoms with Crippen molar-refractivity contribution in [3.63, 3.8) is 0 Å². The van der Waals surface area contributed by atoms with Crippen molar-refractivity contribution in [1.29, 1.82) is 0 Å². The zero-order valence-corrected chi connectivity index (χ0v) is 21.2. The third-order valence-electron chi connectivity index (χ3n) is 6.03. The van der Waals surface area contributed by atoms with E-state index >= 15 is 0 Å². The number of nitrogens with one attached hydrogen (secondary N) is 4. The summed E-state index contributed by atoms with van der Waals surface area (Å²) in [5, 5.41) is 25.7. The second kappa shape index (κ2) is 14.5. The molecule has 1 aromatic carbocycles. The second-order valence-electron chi connectivity index (χ2n) is 9.01. The molecule has 3 amide bonds. The Hall–Kier alpha value is -4.26. The molecule has 0 radical (unpaired) electrons. The number of imidazole rings is 1. The molecule has 0 bridgehead atoms. The zero-order valence-electron chi connectivity index (χ0n) is 21.2. The topological polar surface area (TPSA) is 217 Å². The van der Waals surface area contributed by atoms with Crippen molar-refractivity contribution < 1.29 is 34.2 Å². The number of rotatable bonds is 15. The van der Waals surface area contributed by atoms with Gasteiger partial charge in [-0.15, -0.1) is 0 Å². The van der Waals surface area contributed by atoms with Crippen LogP contribution in [0.3, 0.4) is 0 Å². The molecule has 5 unspecified atom stereocenters. The highest BCUT2D eigenvalue weighted by Crippen LogP contribution is 2.11. The molecule has 206 valence electrons. The normalized spacial score (nSPS) is 14.8. The highest BCUT2D eigenvalue weighted by Gasteiger charge is 2.33. The number of aromatic amines is 1. The lowest BCUT2D eigenvalue weighted by Gasteiger charge is -2.28. The Bertz CT molecular complexity index is 1090. The van der Waals surface area contributed by atoms with E-state index in [0.717, 1.165) is 5.56 Å². The van der Waals surface area contributed by atoms with E-state index in [4.69, 9.17) is 10.8 Å². The SMILES string of the molecule is CCC(C)C(NC(=O)C(N)Cc1ccccc1)C(=O)NC(Cc1cnc[nH]1)C(=O)NC(CC(=O)O)C(=O)O. The number of H-pyrrole nitrogens is 1. The zero-order chi connectivity index (χ0) is 28.2. The largest absolute Gasteiger partial charge is 0.481 e. The molecule has 1 heterocycles. The van der Waals surface area contributed by atoms with Crippen molar-refractivity contribution in [2.24, 2.45) is 11.7 Å². The summed E-state index contributed by atoms with van der Waals surface area (Å²) in [5.74, 6) is -5.42. The number of benzene rings is 1. The number of nitrogens with zero attached hydrogens (tertiary/aromatic N) is 1. The van der Waals surface area contributed by atoms with Crippen LogP contribution < -0.4 is 21.7 Å². The van der Waals surface area contributed by atoms with Gasteiger partial charge in [-0.05, 0) is 17.9 Å². The predicted octanol–water partition coefficient (Wildman–Crippen LogP) is -0.418. The van der Waals surface area contributed by atoms with Gasteiger partial charge in [0.2, 0.25) is 17.7 Å². The van der Waals surface area contributed by atoms with E-state index in [2.05, 4.69) is 25.9 Å². The first-order valence-electron chi connectivity index (χ1n) is 12.1. The first-order valence-corrected chi connectivity index (χ1v) is 12.1. The number of aromatic nitrogens is 2. The van der Waals surface area contributed by atoms with Gasteiger partial charge in [0.05, 0.1) is 18.8 Å². The number of nitrogens with two attached hydrogens (primary N) is 1. The van der Waals surface area contributed by atoms with Crippen LogP contribution in [0.15, 0.2) is 42.9 Å². The van der Waals surface area contributed by atoms with Crippen molar-refractivity contribution >= 4 is 29.7 Å². The molecule has 2 aromatic rings. The molecule has 0 aliphatic carbocycles. The van der Waals surface area contributed by atoms with E-state index in [9.17, 15) is 29.1 Å². The standard InChI is InChI=1S/C25H34N6O7/c1-3-14(2)21(31-22(34)17(26)9-15-7-5-4-6-8-15)24(36)29-18(10-16-12-27-13-28-16)23(35)30-19(25(37)38)11-20(32)33/h4-8,12-14,17-19,21H,3,9-11,26H2,1-2H3,(H,27,28)(H,29,36)(H,30,35)(H,31,34)(H,32,33)(H,37,38). The fourth-order valence-corrected chi connectivity index (χ4v) is 3.66. The Morgan fingerprint density at radius 3 is 2.16 bits per heavy atom. The average molecular weight is 531 g/mol. The van der Waals surface area contributed by atoms with Gasteiger partial charge < -0.3 is 36.9 Å². The Balaban J connectivity index is 2.19. The molecule has 0 aliphatic rings. The van der Waals surface area contributed by atoms with Crippen molar-refractivity contribution in [2.75, 3.05) is 0 Å². The number of carboxylic acids is 2. The van der Waals surface area contributed by atoms with Gasteiger partial charge in [0, 0.05) is 18.3 Å². The minimum atomic E-state index is -1.71. The second-order valence-corrected chi connectivity index (χ2v) is 9.01. The molecule has 2 rings (SSSR count). The average Bonchev–Trinajstić information content (AvgIpc) is 3.39. The summed E-state index contributed by atoms with van der Waals surface area (Å²) in [5.41, 5.74) is 7.39. The number of aliphatic carboxylic acids is 2. The summed E-state index contributed by atoms with van der Waals surface area (Å²) >= 11 is 0. The van der Waals surface area contributed by atoms with Gasteiger partial charge in [0.15, 0.2) is 0 Å². The van der Waals surface area contributed by atoms with Gasteiger partial charge in [0.25, 0.3) is 0 Å².